The van der Waals surface area contributed by atoms with Gasteiger partial charge in [-0.1, -0.05) is 17.7 Å². The number of fused-ring (bicyclic) bond motifs is 1. The second-order valence-corrected chi connectivity index (χ2v) is 10.5. The van der Waals surface area contributed by atoms with Crippen LogP contribution in [0.15, 0.2) is 72.9 Å². The number of aryl methyl sites for hydroxylation is 1. The number of rotatable bonds is 11. The lowest BCUT2D eigenvalue weighted by molar-refractivity contribution is -0.152. The minimum absolute atomic E-state index is 0.287. The van der Waals surface area contributed by atoms with Crippen molar-refractivity contribution in [2.75, 3.05) is 24.9 Å². The van der Waals surface area contributed by atoms with Gasteiger partial charge in [0.1, 0.15) is 16.9 Å². The van der Waals surface area contributed by atoms with Crippen molar-refractivity contribution in [3.8, 4) is 23.0 Å². The van der Waals surface area contributed by atoms with Crippen LogP contribution in [0.4, 0.5) is 11.4 Å². The predicted octanol–water partition coefficient (Wildman–Crippen LogP) is 4.62. The molecule has 13 nitrogen and oxygen atoms in total. The van der Waals surface area contributed by atoms with E-state index >= 15 is 0 Å². The average molecular weight is 632 g/mol. The summed E-state index contributed by atoms with van der Waals surface area (Å²) in [5, 5.41) is 30.7. The van der Waals surface area contributed by atoms with Gasteiger partial charge in [-0.05, 0) is 68.3 Å². The van der Waals surface area contributed by atoms with Gasteiger partial charge in [-0.2, -0.15) is 0 Å². The summed E-state index contributed by atoms with van der Waals surface area (Å²) < 4.78 is 16.9. The molecular formula is C33H33N3O10. The molecule has 1 aromatic heterocycles. The molecule has 4 aromatic rings. The molecule has 0 bridgehead atoms. The van der Waals surface area contributed by atoms with Crippen LogP contribution < -0.4 is 24.8 Å². The SMILES string of the molecule is COc1cc2nccc(Oc3ccc(NC(=O)C4(C(=O)Nc5ccc(C)cc5)CC4)cc3)c2cc1OC.O=C(O)C[C@H](O)C(=O)O. The van der Waals surface area contributed by atoms with E-state index in [1.54, 1.807) is 56.8 Å². The zero-order valence-electron chi connectivity index (χ0n) is 25.3. The molecule has 240 valence electrons. The highest BCUT2D eigenvalue weighted by atomic mass is 16.5. The number of nitrogens with one attached hydrogen (secondary N) is 2. The topological polar surface area (TPSA) is 194 Å². The van der Waals surface area contributed by atoms with Crippen LogP contribution in [0.5, 0.6) is 23.0 Å². The van der Waals surface area contributed by atoms with E-state index in [4.69, 9.17) is 29.5 Å². The summed E-state index contributed by atoms with van der Waals surface area (Å²) in [7, 11) is 3.15. The fourth-order valence-electron chi connectivity index (χ4n) is 4.34. The van der Waals surface area contributed by atoms with E-state index in [0.717, 1.165) is 10.9 Å². The highest BCUT2D eigenvalue weighted by molar-refractivity contribution is 6.16. The van der Waals surface area contributed by atoms with Gasteiger partial charge in [0.15, 0.2) is 17.6 Å². The molecule has 1 aliphatic carbocycles. The Morgan fingerprint density at radius 1 is 0.826 bits per heavy atom. The van der Waals surface area contributed by atoms with Crippen molar-refractivity contribution in [1.29, 1.82) is 0 Å². The second kappa shape index (κ2) is 14.4. The Balaban J connectivity index is 0.000000468. The molecule has 13 heteroatoms. The summed E-state index contributed by atoms with van der Waals surface area (Å²) in [6, 6.07) is 19.9. The number of amides is 2. The first-order chi connectivity index (χ1) is 21.9. The number of carbonyl (C=O) groups is 4. The molecule has 2 amide bonds. The first kappa shape index (κ1) is 33.2. The number of ether oxygens (including phenoxy) is 3. The highest BCUT2D eigenvalue weighted by Gasteiger charge is 2.56. The highest BCUT2D eigenvalue weighted by Crippen LogP contribution is 2.47. The molecule has 3 aromatic carbocycles. The fourth-order valence-corrected chi connectivity index (χ4v) is 4.34. The van der Waals surface area contributed by atoms with Crippen molar-refractivity contribution >= 4 is 46.0 Å². The summed E-state index contributed by atoms with van der Waals surface area (Å²) in [5.41, 5.74) is 2.02. The summed E-state index contributed by atoms with van der Waals surface area (Å²) in [5.74, 6) is -1.10. The molecular weight excluding hydrogens is 598 g/mol. The Hall–Kier alpha value is -5.69. The third-order valence-electron chi connectivity index (χ3n) is 7.13. The van der Waals surface area contributed by atoms with Gasteiger partial charge in [0.25, 0.3) is 0 Å². The molecule has 5 N–H and O–H groups in total. The van der Waals surface area contributed by atoms with Crippen LogP contribution in [0.1, 0.15) is 24.8 Å². The molecule has 1 saturated carbocycles. The molecule has 0 unspecified atom stereocenters. The van der Waals surface area contributed by atoms with Gasteiger partial charge in [-0.3, -0.25) is 19.4 Å². The van der Waals surface area contributed by atoms with Crippen LogP contribution in [0, 0.1) is 12.3 Å². The molecule has 0 radical (unpaired) electrons. The van der Waals surface area contributed by atoms with Crippen LogP contribution in [0.3, 0.4) is 0 Å². The summed E-state index contributed by atoms with van der Waals surface area (Å²) in [4.78, 5) is 49.6. The smallest absolute Gasteiger partial charge is 0.333 e. The van der Waals surface area contributed by atoms with E-state index in [1.165, 1.54) is 0 Å². The van der Waals surface area contributed by atoms with Crippen LogP contribution in [0.25, 0.3) is 10.9 Å². The standard InChI is InChI=1S/C29H27N3O5.C4H6O5/c1-18-4-6-19(7-5-18)31-27(33)29(13-14-29)28(34)32-20-8-10-21(11-9-20)37-24-12-15-30-23-17-26(36-3)25(35-2)16-22(23)24;5-2(4(8)9)1-3(6)7/h4-12,15-17H,13-14H2,1-3H3,(H,31,33)(H,32,34);2,5H,1H2,(H,6,7)(H,8,9)/t;2-/m.0/s1. The first-order valence-corrected chi connectivity index (χ1v) is 14.1. The van der Waals surface area contributed by atoms with E-state index in [2.05, 4.69) is 15.6 Å². The van der Waals surface area contributed by atoms with E-state index in [9.17, 15) is 19.2 Å². The number of benzene rings is 3. The maximum Gasteiger partial charge on any atom is 0.333 e. The molecule has 5 rings (SSSR count). The molecule has 0 saturated heterocycles. The number of pyridine rings is 1. The van der Waals surface area contributed by atoms with Gasteiger partial charge in [-0.15, -0.1) is 0 Å². The van der Waals surface area contributed by atoms with Crippen LogP contribution >= 0.6 is 0 Å². The number of hydrogen-bond donors (Lipinski definition) is 5. The van der Waals surface area contributed by atoms with Gasteiger partial charge >= 0.3 is 11.9 Å². The second-order valence-electron chi connectivity index (χ2n) is 10.5. The summed E-state index contributed by atoms with van der Waals surface area (Å²) in [6.45, 7) is 1.98. The van der Waals surface area contributed by atoms with Crippen molar-refractivity contribution in [3.05, 3.63) is 78.5 Å². The number of aliphatic hydroxyl groups is 1. The normalized spacial score (nSPS) is 13.3. The van der Waals surface area contributed by atoms with Crippen LogP contribution in [0.2, 0.25) is 0 Å². The maximum absolute atomic E-state index is 13.0. The van der Waals surface area contributed by atoms with Crippen molar-refractivity contribution in [2.24, 2.45) is 5.41 Å². The van der Waals surface area contributed by atoms with Crippen molar-refractivity contribution in [2.45, 2.75) is 32.3 Å². The van der Waals surface area contributed by atoms with Crippen LogP contribution in [-0.2, 0) is 19.2 Å². The number of nitrogens with zero attached hydrogens (tertiary/aromatic N) is 1. The van der Waals surface area contributed by atoms with Crippen molar-refractivity contribution in [1.82, 2.24) is 4.98 Å². The van der Waals surface area contributed by atoms with Gasteiger partial charge in [0, 0.05) is 29.0 Å². The monoisotopic (exact) mass is 631 g/mol. The zero-order valence-corrected chi connectivity index (χ0v) is 25.3. The Bertz CT molecular complexity index is 1740. The zero-order chi connectivity index (χ0) is 33.4. The van der Waals surface area contributed by atoms with Gasteiger partial charge in [0.2, 0.25) is 11.8 Å². The number of aromatic nitrogens is 1. The number of carboxylic acids is 2. The third kappa shape index (κ3) is 8.07. The Morgan fingerprint density at radius 2 is 1.37 bits per heavy atom. The Labute approximate surface area is 263 Å². The molecule has 1 fully saturated rings. The quantitative estimate of drug-likeness (QED) is 0.145. The van der Waals surface area contributed by atoms with E-state index in [-0.39, 0.29) is 11.8 Å². The number of aliphatic carboxylic acids is 2. The molecule has 0 spiro atoms. The van der Waals surface area contributed by atoms with E-state index < -0.39 is 29.9 Å². The lowest BCUT2D eigenvalue weighted by Gasteiger charge is -2.16. The number of carbonyl (C=O) groups excluding carboxylic acids is 2. The summed E-state index contributed by atoms with van der Waals surface area (Å²) in [6.07, 6.45) is 0.148. The predicted molar refractivity (Wildman–Crippen MR) is 167 cm³/mol. The number of carboxylic acid groups (broad SMARTS) is 2. The number of anilines is 2. The summed E-state index contributed by atoms with van der Waals surface area (Å²) >= 11 is 0. The molecule has 1 aliphatic rings. The number of aliphatic hydroxyl groups excluding tert-OH is 1. The average Bonchev–Trinajstić information content (AvgIpc) is 3.85. The minimum Gasteiger partial charge on any atom is -0.493 e. The molecule has 1 atom stereocenters. The minimum atomic E-state index is -1.79. The molecule has 46 heavy (non-hydrogen) atoms. The molecule has 0 aliphatic heterocycles. The third-order valence-corrected chi connectivity index (χ3v) is 7.13. The Morgan fingerprint density at radius 3 is 1.85 bits per heavy atom. The van der Waals surface area contributed by atoms with Crippen molar-refractivity contribution < 1.29 is 48.7 Å². The van der Waals surface area contributed by atoms with Crippen LogP contribution in [-0.4, -0.2) is 64.4 Å². The van der Waals surface area contributed by atoms with E-state index in [0.29, 0.717) is 52.7 Å². The van der Waals surface area contributed by atoms with Gasteiger partial charge in [-0.25, -0.2) is 4.79 Å². The fraction of sp³-hybridized carbons (Fsp3) is 0.242. The number of methoxy groups -OCH3 is 2. The molecule has 1 heterocycles. The lowest BCUT2D eigenvalue weighted by atomic mass is 10.0. The maximum atomic E-state index is 13.0. The largest absolute Gasteiger partial charge is 0.493 e. The first-order valence-electron chi connectivity index (χ1n) is 14.1. The number of hydrogen-bond acceptors (Lipinski definition) is 9. The van der Waals surface area contributed by atoms with Crippen molar-refractivity contribution in [3.63, 3.8) is 0 Å². The Kier molecular flexibility index (Phi) is 10.4. The lowest BCUT2D eigenvalue weighted by Crippen LogP contribution is -2.35. The van der Waals surface area contributed by atoms with Gasteiger partial charge < -0.3 is 40.2 Å². The van der Waals surface area contributed by atoms with E-state index in [1.807, 2.05) is 37.3 Å². The van der Waals surface area contributed by atoms with Gasteiger partial charge in [0.05, 0.1) is 26.2 Å².